The number of alkyl halides is 1. The van der Waals surface area contributed by atoms with E-state index in [0.717, 1.165) is 12.0 Å². The van der Waals surface area contributed by atoms with Gasteiger partial charge in [0.25, 0.3) is 0 Å². The third-order valence-electron chi connectivity index (χ3n) is 2.32. The standard InChI is InChI=1S/C12H11Cl/c13-8-2-1-3-10-4-5-11-6-7-12(11)9-10/h4-5,9H,2,6-8H2. The van der Waals surface area contributed by atoms with Crippen molar-refractivity contribution < 1.29 is 0 Å². The van der Waals surface area contributed by atoms with Gasteiger partial charge in [0.05, 0.1) is 0 Å². The number of fused-ring (bicyclic) bond motifs is 1. The number of aryl methyl sites for hydroxylation is 2. The predicted molar refractivity (Wildman–Crippen MR) is 56.1 cm³/mol. The number of hydrogen-bond acceptors (Lipinski definition) is 0. The van der Waals surface area contributed by atoms with Crippen molar-refractivity contribution in [3.8, 4) is 11.8 Å². The smallest absolute Gasteiger partial charge is 0.0333 e. The lowest BCUT2D eigenvalue weighted by Gasteiger charge is -2.17. The molecule has 1 aliphatic carbocycles. The summed E-state index contributed by atoms with van der Waals surface area (Å²) in [6, 6.07) is 6.48. The molecule has 1 aromatic rings. The summed E-state index contributed by atoms with van der Waals surface area (Å²) in [5, 5.41) is 0. The van der Waals surface area contributed by atoms with E-state index in [1.165, 1.54) is 24.0 Å². The second-order valence-electron chi connectivity index (χ2n) is 3.22. The van der Waals surface area contributed by atoms with Gasteiger partial charge >= 0.3 is 0 Å². The maximum absolute atomic E-state index is 5.53. The van der Waals surface area contributed by atoms with Gasteiger partial charge in [-0.15, -0.1) is 11.6 Å². The molecule has 1 heteroatoms. The van der Waals surface area contributed by atoms with Crippen LogP contribution in [0, 0.1) is 11.8 Å². The lowest BCUT2D eigenvalue weighted by molar-refractivity contribution is 0.838. The average Bonchev–Trinajstić information content (AvgIpc) is 2.10. The highest BCUT2D eigenvalue weighted by atomic mass is 35.5. The van der Waals surface area contributed by atoms with Crippen LogP contribution in [0.15, 0.2) is 18.2 Å². The second-order valence-corrected chi connectivity index (χ2v) is 3.60. The molecular formula is C12H11Cl. The normalized spacial score (nSPS) is 12.4. The van der Waals surface area contributed by atoms with Gasteiger partial charge in [0, 0.05) is 17.9 Å². The summed E-state index contributed by atoms with van der Waals surface area (Å²) in [4.78, 5) is 0. The lowest BCUT2D eigenvalue weighted by atomic mass is 9.87. The Morgan fingerprint density at radius 3 is 2.69 bits per heavy atom. The molecule has 0 radical (unpaired) electrons. The fourth-order valence-electron chi connectivity index (χ4n) is 1.48. The Labute approximate surface area is 83.9 Å². The molecule has 0 bridgehead atoms. The molecule has 0 saturated carbocycles. The summed E-state index contributed by atoms with van der Waals surface area (Å²) in [6.07, 6.45) is 3.24. The van der Waals surface area contributed by atoms with Gasteiger partial charge in [0.1, 0.15) is 0 Å². The van der Waals surface area contributed by atoms with E-state index >= 15 is 0 Å². The summed E-state index contributed by atoms with van der Waals surface area (Å²) in [5.74, 6) is 6.78. The number of halogens is 1. The summed E-state index contributed by atoms with van der Waals surface area (Å²) in [7, 11) is 0. The first-order valence-corrected chi connectivity index (χ1v) is 5.10. The van der Waals surface area contributed by atoms with E-state index in [-0.39, 0.29) is 0 Å². The third-order valence-corrected chi connectivity index (χ3v) is 2.51. The van der Waals surface area contributed by atoms with Crippen molar-refractivity contribution in [1.29, 1.82) is 0 Å². The fourth-order valence-corrected chi connectivity index (χ4v) is 1.58. The van der Waals surface area contributed by atoms with Gasteiger partial charge < -0.3 is 0 Å². The fraction of sp³-hybridized carbons (Fsp3) is 0.333. The van der Waals surface area contributed by atoms with Gasteiger partial charge in [-0.3, -0.25) is 0 Å². The van der Waals surface area contributed by atoms with Crippen molar-refractivity contribution in [2.45, 2.75) is 19.3 Å². The minimum Gasteiger partial charge on any atom is -0.126 e. The summed E-state index contributed by atoms with van der Waals surface area (Å²) in [5.41, 5.74) is 4.09. The Morgan fingerprint density at radius 2 is 2.08 bits per heavy atom. The molecule has 0 unspecified atom stereocenters. The molecule has 0 N–H and O–H groups in total. The Kier molecular flexibility index (Phi) is 2.57. The number of benzene rings is 1. The maximum atomic E-state index is 5.53. The molecule has 2 rings (SSSR count). The van der Waals surface area contributed by atoms with E-state index in [4.69, 9.17) is 11.6 Å². The number of hydrogen-bond donors (Lipinski definition) is 0. The Morgan fingerprint density at radius 1 is 1.23 bits per heavy atom. The monoisotopic (exact) mass is 190 g/mol. The zero-order valence-corrected chi connectivity index (χ0v) is 8.19. The molecule has 0 fully saturated rings. The maximum Gasteiger partial charge on any atom is 0.0333 e. The van der Waals surface area contributed by atoms with Crippen LogP contribution in [0.5, 0.6) is 0 Å². The molecule has 0 nitrogen and oxygen atoms in total. The van der Waals surface area contributed by atoms with Crippen molar-refractivity contribution in [2.24, 2.45) is 0 Å². The zero-order chi connectivity index (χ0) is 9.10. The first kappa shape index (κ1) is 8.66. The highest BCUT2D eigenvalue weighted by Gasteiger charge is 2.11. The van der Waals surface area contributed by atoms with E-state index in [1.54, 1.807) is 0 Å². The van der Waals surface area contributed by atoms with Gasteiger partial charge in [-0.2, -0.15) is 0 Å². The second kappa shape index (κ2) is 3.85. The molecule has 0 spiro atoms. The van der Waals surface area contributed by atoms with E-state index in [1.807, 2.05) is 0 Å². The van der Waals surface area contributed by atoms with Crippen LogP contribution in [0.3, 0.4) is 0 Å². The highest BCUT2D eigenvalue weighted by Crippen LogP contribution is 2.23. The van der Waals surface area contributed by atoms with Crippen molar-refractivity contribution in [3.05, 3.63) is 34.9 Å². The largest absolute Gasteiger partial charge is 0.126 e. The molecule has 0 heterocycles. The highest BCUT2D eigenvalue weighted by molar-refractivity contribution is 6.18. The molecule has 0 aliphatic heterocycles. The summed E-state index contributed by atoms with van der Waals surface area (Å²) < 4.78 is 0. The van der Waals surface area contributed by atoms with Crippen LogP contribution in [0.1, 0.15) is 23.1 Å². The predicted octanol–water partition coefficient (Wildman–Crippen LogP) is 2.77. The molecule has 13 heavy (non-hydrogen) atoms. The van der Waals surface area contributed by atoms with Gasteiger partial charge in [0.15, 0.2) is 0 Å². The van der Waals surface area contributed by atoms with Crippen LogP contribution in [0.2, 0.25) is 0 Å². The molecule has 1 aromatic carbocycles. The van der Waals surface area contributed by atoms with Gasteiger partial charge in [-0.25, -0.2) is 0 Å². The first-order valence-electron chi connectivity index (χ1n) is 4.57. The van der Waals surface area contributed by atoms with Crippen molar-refractivity contribution in [2.75, 3.05) is 5.88 Å². The third kappa shape index (κ3) is 1.87. The van der Waals surface area contributed by atoms with Crippen LogP contribution in [-0.2, 0) is 12.8 Å². The number of rotatable bonds is 1. The Balaban J connectivity index is 2.14. The van der Waals surface area contributed by atoms with Crippen LogP contribution in [0.4, 0.5) is 0 Å². The topological polar surface area (TPSA) is 0 Å². The Bertz CT molecular complexity index is 368. The van der Waals surface area contributed by atoms with E-state index in [9.17, 15) is 0 Å². The van der Waals surface area contributed by atoms with E-state index in [0.29, 0.717) is 5.88 Å². The van der Waals surface area contributed by atoms with Crippen molar-refractivity contribution in [1.82, 2.24) is 0 Å². The van der Waals surface area contributed by atoms with Crippen LogP contribution >= 0.6 is 11.6 Å². The molecule has 0 atom stereocenters. The summed E-state index contributed by atoms with van der Waals surface area (Å²) in [6.45, 7) is 0. The van der Waals surface area contributed by atoms with Crippen LogP contribution in [0.25, 0.3) is 0 Å². The minimum absolute atomic E-state index is 0.623. The van der Waals surface area contributed by atoms with E-state index < -0.39 is 0 Å². The molecule has 66 valence electrons. The minimum atomic E-state index is 0.623. The zero-order valence-electron chi connectivity index (χ0n) is 7.44. The molecule has 0 aromatic heterocycles. The molecular weight excluding hydrogens is 180 g/mol. The molecule has 0 amide bonds. The first-order chi connectivity index (χ1) is 6.40. The van der Waals surface area contributed by atoms with Crippen LogP contribution < -0.4 is 0 Å². The van der Waals surface area contributed by atoms with Gasteiger partial charge in [-0.1, -0.05) is 17.9 Å². The average molecular weight is 191 g/mol. The SMILES string of the molecule is ClCCC#Cc1ccc2c(c1)CC2. The summed E-state index contributed by atoms with van der Waals surface area (Å²) >= 11 is 5.53. The quantitative estimate of drug-likeness (QED) is 0.472. The Hall–Kier alpha value is -0.930. The van der Waals surface area contributed by atoms with E-state index in [2.05, 4.69) is 30.0 Å². The van der Waals surface area contributed by atoms with Gasteiger partial charge in [0.2, 0.25) is 0 Å². The molecule has 1 aliphatic rings. The molecule has 0 saturated heterocycles. The lowest BCUT2D eigenvalue weighted by Crippen LogP contribution is -2.07. The van der Waals surface area contributed by atoms with Crippen molar-refractivity contribution in [3.63, 3.8) is 0 Å². The van der Waals surface area contributed by atoms with Crippen molar-refractivity contribution >= 4 is 11.6 Å². The van der Waals surface area contributed by atoms with Gasteiger partial charge in [-0.05, 0) is 36.1 Å². The van der Waals surface area contributed by atoms with Crippen LogP contribution in [-0.4, -0.2) is 5.88 Å².